The summed E-state index contributed by atoms with van der Waals surface area (Å²) in [6, 6.07) is 15.9. The summed E-state index contributed by atoms with van der Waals surface area (Å²) in [5, 5.41) is 1.40. The molecule has 5 heteroatoms. The van der Waals surface area contributed by atoms with E-state index in [1.165, 1.54) is 12.8 Å². The molecule has 1 saturated carbocycles. The fourth-order valence-corrected chi connectivity index (χ4v) is 5.66. The minimum Gasteiger partial charge on any atom is -0.379 e. The van der Waals surface area contributed by atoms with E-state index in [9.17, 15) is 4.79 Å². The lowest BCUT2D eigenvalue weighted by Crippen LogP contribution is -2.56. The van der Waals surface area contributed by atoms with Gasteiger partial charge in [-0.05, 0) is 73.4 Å². The maximum absolute atomic E-state index is 14.2. The summed E-state index contributed by atoms with van der Waals surface area (Å²) in [4.78, 5) is 16.3. The van der Waals surface area contributed by atoms with Gasteiger partial charge in [-0.3, -0.25) is 4.79 Å². The summed E-state index contributed by atoms with van der Waals surface area (Å²) in [5.41, 5.74) is 1.69. The number of rotatable bonds is 10. The van der Waals surface area contributed by atoms with Gasteiger partial charge in [0.25, 0.3) is 0 Å². The first-order valence-corrected chi connectivity index (χ1v) is 13.1. The van der Waals surface area contributed by atoms with Crippen LogP contribution in [0.5, 0.6) is 0 Å². The summed E-state index contributed by atoms with van der Waals surface area (Å²) in [7, 11) is 0. The Morgan fingerprint density at radius 3 is 2.50 bits per heavy atom. The number of allylic oxidation sites excluding steroid dienone is 1. The van der Waals surface area contributed by atoms with Crippen LogP contribution >= 0.6 is 23.2 Å². The molecule has 2 fully saturated rings. The molecule has 3 nitrogen and oxygen atoms in total. The molecule has 1 heterocycles. The van der Waals surface area contributed by atoms with Gasteiger partial charge >= 0.3 is 0 Å². The summed E-state index contributed by atoms with van der Waals surface area (Å²) in [6.07, 6.45) is 6.56. The van der Waals surface area contributed by atoms with Gasteiger partial charge in [0.05, 0.1) is 24.1 Å². The van der Waals surface area contributed by atoms with Gasteiger partial charge in [0, 0.05) is 22.6 Å². The molecule has 0 N–H and O–H groups in total. The molecule has 182 valence electrons. The Labute approximate surface area is 214 Å². The number of carbonyl (C=O) groups is 1. The van der Waals surface area contributed by atoms with E-state index in [2.05, 4.69) is 43.5 Å². The van der Waals surface area contributed by atoms with Gasteiger partial charge in [0.15, 0.2) is 0 Å². The minimum atomic E-state index is -0.540. The Kier molecular flexibility index (Phi) is 8.07. The van der Waals surface area contributed by atoms with E-state index in [1.54, 1.807) is 0 Å². The van der Waals surface area contributed by atoms with Crippen molar-refractivity contribution in [1.82, 2.24) is 4.90 Å². The molecule has 0 radical (unpaired) electrons. The highest BCUT2D eigenvalue weighted by atomic mass is 35.5. The first-order valence-electron chi connectivity index (χ1n) is 12.4. The number of amides is 1. The third kappa shape index (κ3) is 5.53. The van der Waals surface area contributed by atoms with Crippen LogP contribution in [0.15, 0.2) is 61.2 Å². The van der Waals surface area contributed by atoms with E-state index in [4.69, 9.17) is 27.9 Å². The van der Waals surface area contributed by atoms with E-state index in [0.29, 0.717) is 29.0 Å². The van der Waals surface area contributed by atoms with Crippen LogP contribution < -0.4 is 0 Å². The largest absolute Gasteiger partial charge is 0.379 e. The highest BCUT2D eigenvalue weighted by Gasteiger charge is 2.50. The number of nitrogens with zero attached hydrogens (tertiary/aromatic N) is 1. The minimum absolute atomic E-state index is 0.0157. The highest BCUT2D eigenvalue weighted by molar-refractivity contribution is 6.30. The predicted octanol–water partition coefficient (Wildman–Crippen LogP) is 7.84. The van der Waals surface area contributed by atoms with Crippen molar-refractivity contribution < 1.29 is 9.53 Å². The average Bonchev–Trinajstić information content (AvgIpc) is 3.64. The number of benzene rings is 2. The lowest BCUT2D eigenvalue weighted by molar-refractivity contribution is -0.156. The number of ether oxygens (including phenoxy) is 1. The molecule has 1 amide bonds. The molecule has 1 aliphatic carbocycles. The first kappa shape index (κ1) is 25.3. The standard InChI is InChI=1S/C29H35Cl2NO2/c1-4-15-29(3)17-26(22-7-6-8-24(31)16-22)27(21-11-13-23(30)14-12-21)32(28(29)33)25(5-2)19-34-18-20-9-10-20/h4,6-8,11-14,16,20,25-27H,1,5,9-10,15,17-19H2,2-3H3/t25-,26?,27?,29-/m0/s1. The van der Waals surface area contributed by atoms with Gasteiger partial charge in [0.1, 0.15) is 0 Å². The second-order valence-electron chi connectivity index (χ2n) is 10.2. The Balaban J connectivity index is 1.79. The molecule has 2 aliphatic rings. The number of piperidine rings is 1. The van der Waals surface area contributed by atoms with Crippen molar-refractivity contribution in [3.63, 3.8) is 0 Å². The molecule has 4 atom stereocenters. The van der Waals surface area contributed by atoms with Crippen molar-refractivity contribution in [2.75, 3.05) is 13.2 Å². The highest BCUT2D eigenvalue weighted by Crippen LogP contribution is 2.52. The number of carbonyl (C=O) groups excluding carboxylic acids is 1. The van der Waals surface area contributed by atoms with Crippen molar-refractivity contribution >= 4 is 29.1 Å². The fourth-order valence-electron chi connectivity index (χ4n) is 5.34. The third-order valence-corrected chi connectivity index (χ3v) is 7.90. The van der Waals surface area contributed by atoms with Crippen LogP contribution in [0.3, 0.4) is 0 Å². The van der Waals surface area contributed by atoms with E-state index in [0.717, 1.165) is 30.6 Å². The predicted molar refractivity (Wildman–Crippen MR) is 140 cm³/mol. The summed E-state index contributed by atoms with van der Waals surface area (Å²) < 4.78 is 6.15. The smallest absolute Gasteiger partial charge is 0.229 e. The van der Waals surface area contributed by atoms with E-state index >= 15 is 0 Å². The van der Waals surface area contributed by atoms with E-state index in [-0.39, 0.29) is 23.9 Å². The van der Waals surface area contributed by atoms with Crippen LogP contribution in [0.2, 0.25) is 10.0 Å². The molecular formula is C29H35Cl2NO2. The summed E-state index contributed by atoms with van der Waals surface area (Å²) in [5.74, 6) is 0.944. The zero-order valence-electron chi connectivity index (χ0n) is 20.2. The third-order valence-electron chi connectivity index (χ3n) is 7.41. The number of likely N-dealkylation sites (tertiary alicyclic amines) is 1. The molecule has 2 aromatic rings. The molecule has 1 saturated heterocycles. The van der Waals surface area contributed by atoms with Crippen LogP contribution in [-0.2, 0) is 9.53 Å². The van der Waals surface area contributed by atoms with Gasteiger partial charge in [-0.15, -0.1) is 6.58 Å². The molecule has 4 rings (SSSR count). The van der Waals surface area contributed by atoms with Crippen LogP contribution in [0.4, 0.5) is 0 Å². The lowest BCUT2D eigenvalue weighted by Gasteiger charge is -2.52. The molecule has 0 spiro atoms. The van der Waals surface area contributed by atoms with Gasteiger partial charge in [-0.25, -0.2) is 0 Å². The lowest BCUT2D eigenvalue weighted by atomic mass is 9.67. The summed E-state index contributed by atoms with van der Waals surface area (Å²) in [6.45, 7) is 9.53. The van der Waals surface area contributed by atoms with Gasteiger partial charge < -0.3 is 9.64 Å². The van der Waals surface area contributed by atoms with Gasteiger partial charge in [0.2, 0.25) is 5.91 Å². The van der Waals surface area contributed by atoms with E-state index in [1.807, 2.05) is 36.4 Å². The molecule has 0 aromatic heterocycles. The Morgan fingerprint density at radius 1 is 1.15 bits per heavy atom. The van der Waals surface area contributed by atoms with Crippen LogP contribution in [0.25, 0.3) is 0 Å². The Hall–Kier alpha value is -1.81. The number of hydrogen-bond acceptors (Lipinski definition) is 2. The van der Waals surface area contributed by atoms with Crippen molar-refractivity contribution in [3.8, 4) is 0 Å². The van der Waals surface area contributed by atoms with Crippen molar-refractivity contribution in [3.05, 3.63) is 82.4 Å². The molecular weight excluding hydrogens is 465 g/mol. The molecule has 0 bridgehead atoms. The molecule has 2 aromatic carbocycles. The van der Waals surface area contributed by atoms with Crippen LogP contribution in [-0.4, -0.2) is 30.1 Å². The van der Waals surface area contributed by atoms with Crippen LogP contribution in [0, 0.1) is 11.3 Å². The first-order chi connectivity index (χ1) is 16.4. The maximum atomic E-state index is 14.2. The van der Waals surface area contributed by atoms with Crippen molar-refractivity contribution in [1.29, 1.82) is 0 Å². The fraction of sp³-hybridized carbons (Fsp3) is 0.483. The zero-order chi connectivity index (χ0) is 24.3. The molecule has 1 aliphatic heterocycles. The quantitative estimate of drug-likeness (QED) is 0.311. The number of halogens is 2. The topological polar surface area (TPSA) is 29.5 Å². The maximum Gasteiger partial charge on any atom is 0.229 e. The van der Waals surface area contributed by atoms with Gasteiger partial charge in [-0.1, -0.05) is 67.4 Å². The molecule has 34 heavy (non-hydrogen) atoms. The molecule has 2 unspecified atom stereocenters. The average molecular weight is 501 g/mol. The second-order valence-corrected chi connectivity index (χ2v) is 11.0. The Bertz CT molecular complexity index is 1000. The van der Waals surface area contributed by atoms with Gasteiger partial charge in [-0.2, -0.15) is 0 Å². The monoisotopic (exact) mass is 499 g/mol. The van der Waals surface area contributed by atoms with Crippen molar-refractivity contribution in [2.45, 2.75) is 64.0 Å². The van der Waals surface area contributed by atoms with E-state index < -0.39 is 5.41 Å². The van der Waals surface area contributed by atoms with Crippen molar-refractivity contribution in [2.24, 2.45) is 11.3 Å². The Morgan fingerprint density at radius 2 is 1.88 bits per heavy atom. The number of hydrogen-bond donors (Lipinski definition) is 0. The SMILES string of the molecule is C=CC[C@@]1(C)CC(c2cccc(Cl)c2)C(c2ccc(Cl)cc2)N([C@@H](CC)COCC2CC2)C1=O. The zero-order valence-corrected chi connectivity index (χ0v) is 21.7. The second kappa shape index (κ2) is 10.8. The van der Waals surface area contributed by atoms with Crippen LogP contribution in [0.1, 0.15) is 69.0 Å². The normalized spacial score (nSPS) is 25.9. The summed E-state index contributed by atoms with van der Waals surface area (Å²) >= 11 is 12.7.